The molecule has 1 unspecified atom stereocenters. The number of benzene rings is 1. The van der Waals surface area contributed by atoms with E-state index in [1.807, 2.05) is 0 Å². The zero-order valence-electron chi connectivity index (χ0n) is 10.2. The SMILES string of the molecule is CC1(C2CC2)CN(c2cccc(Br)c2)CCN1. The van der Waals surface area contributed by atoms with Gasteiger partial charge in [0, 0.05) is 35.3 Å². The van der Waals surface area contributed by atoms with Gasteiger partial charge in [-0.2, -0.15) is 0 Å². The number of rotatable bonds is 2. The molecule has 1 aliphatic carbocycles. The first-order valence-corrected chi connectivity index (χ1v) is 7.22. The molecule has 1 heterocycles. The highest BCUT2D eigenvalue weighted by molar-refractivity contribution is 9.10. The number of nitrogens with one attached hydrogen (secondary N) is 1. The molecule has 1 N–H and O–H groups in total. The molecule has 17 heavy (non-hydrogen) atoms. The van der Waals surface area contributed by atoms with E-state index in [4.69, 9.17) is 0 Å². The molecule has 2 nitrogen and oxygen atoms in total. The van der Waals surface area contributed by atoms with Crippen molar-refractivity contribution in [3.8, 4) is 0 Å². The van der Waals surface area contributed by atoms with Crippen molar-refractivity contribution in [2.24, 2.45) is 5.92 Å². The van der Waals surface area contributed by atoms with E-state index >= 15 is 0 Å². The van der Waals surface area contributed by atoms with E-state index in [9.17, 15) is 0 Å². The third-order valence-corrected chi connectivity index (χ3v) is 4.57. The largest absolute Gasteiger partial charge is 0.368 e. The van der Waals surface area contributed by atoms with Gasteiger partial charge in [0.25, 0.3) is 0 Å². The molecule has 1 atom stereocenters. The Bertz CT molecular complexity index is 416. The van der Waals surface area contributed by atoms with Gasteiger partial charge in [0.05, 0.1) is 0 Å². The summed E-state index contributed by atoms with van der Waals surface area (Å²) in [6, 6.07) is 8.64. The fourth-order valence-electron chi connectivity index (χ4n) is 2.89. The van der Waals surface area contributed by atoms with Crippen LogP contribution < -0.4 is 10.2 Å². The molecule has 1 aromatic rings. The minimum absolute atomic E-state index is 0.320. The summed E-state index contributed by atoms with van der Waals surface area (Å²) in [6.45, 7) is 5.72. The Morgan fingerprint density at radius 3 is 2.94 bits per heavy atom. The van der Waals surface area contributed by atoms with Crippen molar-refractivity contribution >= 4 is 21.6 Å². The van der Waals surface area contributed by atoms with Crippen molar-refractivity contribution in [2.75, 3.05) is 24.5 Å². The Kier molecular flexibility index (Phi) is 2.91. The van der Waals surface area contributed by atoms with Crippen LogP contribution in [0, 0.1) is 5.92 Å². The summed E-state index contributed by atoms with van der Waals surface area (Å²) in [7, 11) is 0. The van der Waals surface area contributed by atoms with Crippen LogP contribution in [0.5, 0.6) is 0 Å². The maximum atomic E-state index is 3.72. The predicted octanol–water partition coefficient (Wildman–Crippen LogP) is 3.03. The molecule has 1 saturated heterocycles. The normalized spacial score (nSPS) is 29.4. The van der Waals surface area contributed by atoms with Crippen molar-refractivity contribution in [3.05, 3.63) is 28.7 Å². The topological polar surface area (TPSA) is 15.3 Å². The van der Waals surface area contributed by atoms with Crippen LogP contribution in [0.3, 0.4) is 0 Å². The summed E-state index contributed by atoms with van der Waals surface area (Å²) in [4.78, 5) is 2.51. The quantitative estimate of drug-likeness (QED) is 0.902. The van der Waals surface area contributed by atoms with E-state index in [1.165, 1.54) is 23.0 Å². The summed E-state index contributed by atoms with van der Waals surface area (Å²) in [5.41, 5.74) is 1.66. The van der Waals surface area contributed by atoms with Gasteiger partial charge in [-0.25, -0.2) is 0 Å². The first-order valence-electron chi connectivity index (χ1n) is 6.43. The lowest BCUT2D eigenvalue weighted by Crippen LogP contribution is -2.60. The van der Waals surface area contributed by atoms with Gasteiger partial charge in [-0.3, -0.25) is 0 Å². The molecule has 0 radical (unpaired) electrons. The lowest BCUT2D eigenvalue weighted by molar-refractivity contribution is 0.285. The Balaban J connectivity index is 1.79. The average molecular weight is 295 g/mol. The molecule has 0 bridgehead atoms. The predicted molar refractivity (Wildman–Crippen MR) is 75.5 cm³/mol. The van der Waals surface area contributed by atoms with Crippen molar-refractivity contribution < 1.29 is 0 Å². The number of anilines is 1. The summed E-state index contributed by atoms with van der Waals surface area (Å²) in [5.74, 6) is 0.887. The van der Waals surface area contributed by atoms with Gasteiger partial charge in [-0.15, -0.1) is 0 Å². The average Bonchev–Trinajstić information content (AvgIpc) is 3.13. The third-order valence-electron chi connectivity index (χ3n) is 4.08. The highest BCUT2D eigenvalue weighted by Gasteiger charge is 2.43. The number of hydrogen-bond donors (Lipinski definition) is 1. The smallest absolute Gasteiger partial charge is 0.0378 e. The summed E-state index contributed by atoms with van der Waals surface area (Å²) >= 11 is 3.56. The van der Waals surface area contributed by atoms with Crippen molar-refractivity contribution in [2.45, 2.75) is 25.3 Å². The van der Waals surface area contributed by atoms with Gasteiger partial charge in [-0.1, -0.05) is 22.0 Å². The molecule has 1 saturated carbocycles. The Labute approximate surface area is 112 Å². The van der Waals surface area contributed by atoms with Crippen molar-refractivity contribution in [1.29, 1.82) is 0 Å². The first-order chi connectivity index (χ1) is 8.17. The Morgan fingerprint density at radius 1 is 1.41 bits per heavy atom. The first kappa shape index (κ1) is 11.5. The highest BCUT2D eigenvalue weighted by atomic mass is 79.9. The second-order valence-corrected chi connectivity index (χ2v) is 6.44. The second-order valence-electron chi connectivity index (χ2n) is 5.52. The monoisotopic (exact) mass is 294 g/mol. The molecular formula is C14H19BrN2. The van der Waals surface area contributed by atoms with E-state index in [1.54, 1.807) is 0 Å². The lowest BCUT2D eigenvalue weighted by Gasteiger charge is -2.43. The minimum atomic E-state index is 0.320. The molecule has 0 aromatic heterocycles. The number of nitrogens with zero attached hydrogens (tertiary/aromatic N) is 1. The summed E-state index contributed by atoms with van der Waals surface area (Å²) in [6.07, 6.45) is 2.80. The molecule has 92 valence electrons. The molecular weight excluding hydrogens is 276 g/mol. The third kappa shape index (κ3) is 2.36. The Morgan fingerprint density at radius 2 is 2.24 bits per heavy atom. The van der Waals surface area contributed by atoms with Crippen LogP contribution in [0.4, 0.5) is 5.69 Å². The fraction of sp³-hybridized carbons (Fsp3) is 0.571. The van der Waals surface area contributed by atoms with Crippen LogP contribution in [-0.4, -0.2) is 25.2 Å². The van der Waals surface area contributed by atoms with Gasteiger partial charge < -0.3 is 10.2 Å². The lowest BCUT2D eigenvalue weighted by atomic mass is 9.92. The van der Waals surface area contributed by atoms with Crippen LogP contribution >= 0.6 is 15.9 Å². The van der Waals surface area contributed by atoms with Crippen LogP contribution in [0.1, 0.15) is 19.8 Å². The fourth-order valence-corrected chi connectivity index (χ4v) is 3.28. The Hall–Kier alpha value is -0.540. The van der Waals surface area contributed by atoms with Crippen LogP contribution in [0.25, 0.3) is 0 Å². The van der Waals surface area contributed by atoms with Gasteiger partial charge in [0.2, 0.25) is 0 Å². The van der Waals surface area contributed by atoms with Gasteiger partial charge in [0.15, 0.2) is 0 Å². The standard InChI is InChI=1S/C14H19BrN2/c1-14(11-5-6-11)10-17(8-7-16-14)13-4-2-3-12(15)9-13/h2-4,9,11,16H,5-8,10H2,1H3. The van der Waals surface area contributed by atoms with E-state index < -0.39 is 0 Å². The van der Waals surface area contributed by atoms with E-state index in [0.717, 1.165) is 25.6 Å². The molecule has 3 heteroatoms. The zero-order chi connectivity index (χ0) is 11.9. The number of halogens is 1. The van der Waals surface area contributed by atoms with E-state index in [0.29, 0.717) is 5.54 Å². The molecule has 2 aliphatic rings. The summed E-state index contributed by atoms with van der Waals surface area (Å²) < 4.78 is 1.17. The van der Waals surface area contributed by atoms with Crippen molar-refractivity contribution in [1.82, 2.24) is 5.32 Å². The summed E-state index contributed by atoms with van der Waals surface area (Å²) in [5, 5.41) is 3.72. The van der Waals surface area contributed by atoms with Gasteiger partial charge in [-0.05, 0) is 43.9 Å². The van der Waals surface area contributed by atoms with Gasteiger partial charge >= 0.3 is 0 Å². The van der Waals surface area contributed by atoms with Crippen LogP contribution in [-0.2, 0) is 0 Å². The maximum Gasteiger partial charge on any atom is 0.0378 e. The molecule has 0 amide bonds. The number of hydrogen-bond acceptors (Lipinski definition) is 2. The molecule has 1 aromatic carbocycles. The second kappa shape index (κ2) is 4.29. The zero-order valence-corrected chi connectivity index (χ0v) is 11.8. The molecule has 3 rings (SSSR count). The van der Waals surface area contributed by atoms with Crippen molar-refractivity contribution in [3.63, 3.8) is 0 Å². The number of piperazine rings is 1. The maximum absolute atomic E-state index is 3.72. The van der Waals surface area contributed by atoms with Crippen LogP contribution in [0.2, 0.25) is 0 Å². The van der Waals surface area contributed by atoms with Gasteiger partial charge in [0.1, 0.15) is 0 Å². The molecule has 2 fully saturated rings. The van der Waals surface area contributed by atoms with E-state index in [-0.39, 0.29) is 0 Å². The molecule has 1 aliphatic heterocycles. The highest BCUT2D eigenvalue weighted by Crippen LogP contribution is 2.41. The van der Waals surface area contributed by atoms with E-state index in [2.05, 4.69) is 57.3 Å². The van der Waals surface area contributed by atoms with Crippen LogP contribution in [0.15, 0.2) is 28.7 Å². The molecule has 0 spiro atoms. The minimum Gasteiger partial charge on any atom is -0.368 e.